The number of nitrogens with two attached hydrogens (primary N) is 1. The Balaban J connectivity index is 1.59. The summed E-state index contributed by atoms with van der Waals surface area (Å²) in [4.78, 5) is 40.9. The molecule has 5 aromatic rings. The van der Waals surface area contributed by atoms with Crippen LogP contribution in [0.1, 0.15) is 47.1 Å². The van der Waals surface area contributed by atoms with Gasteiger partial charge in [-0.15, -0.1) is 0 Å². The minimum absolute atomic E-state index is 0.332. The summed E-state index contributed by atoms with van der Waals surface area (Å²) in [7, 11) is 0. The number of aromatic amines is 1. The van der Waals surface area contributed by atoms with Crippen LogP contribution in [0.25, 0.3) is 32.9 Å². The quantitative estimate of drug-likeness (QED) is 0.167. The highest BCUT2D eigenvalue weighted by atomic mass is 19.1. The fourth-order valence-corrected chi connectivity index (χ4v) is 4.88. The van der Waals surface area contributed by atoms with Crippen molar-refractivity contribution < 1.29 is 18.8 Å². The standard InChI is InChI=1S/C32H30FN5O3/c1-17-21(6-5-7-25(17)37-30(40)18-8-10-19(33)11-9-18)22-14-15-24(29(34)39)28-27(22)23-13-12-20(16-26(23)36-28)35-31(41)38-32(2,3)4/h5-16,36H,1-4H3,(H2,34,39)(H,37,40)(H2,35,38,41). The SMILES string of the molecule is Cc1c(NC(=O)c2ccc(F)cc2)cccc1-c1ccc(C(N)=O)c2[nH]c3cc(NC(=O)NC(C)(C)C)ccc3c12. The Morgan fingerprint density at radius 2 is 1.61 bits per heavy atom. The first-order valence-corrected chi connectivity index (χ1v) is 13.1. The van der Waals surface area contributed by atoms with E-state index in [0.29, 0.717) is 33.5 Å². The number of hydrogen-bond acceptors (Lipinski definition) is 3. The van der Waals surface area contributed by atoms with E-state index in [4.69, 9.17) is 5.73 Å². The number of halogens is 1. The molecule has 0 aliphatic carbocycles. The molecular weight excluding hydrogens is 521 g/mol. The van der Waals surface area contributed by atoms with Gasteiger partial charge < -0.3 is 26.7 Å². The van der Waals surface area contributed by atoms with Crippen LogP contribution < -0.4 is 21.7 Å². The number of benzene rings is 4. The number of carbonyl (C=O) groups is 3. The van der Waals surface area contributed by atoms with Crippen molar-refractivity contribution in [2.24, 2.45) is 5.73 Å². The molecule has 1 aromatic heterocycles. The van der Waals surface area contributed by atoms with Gasteiger partial charge in [-0.1, -0.05) is 24.3 Å². The molecule has 4 amide bonds. The third-order valence-electron chi connectivity index (χ3n) is 6.74. The predicted molar refractivity (Wildman–Crippen MR) is 161 cm³/mol. The number of aromatic nitrogens is 1. The van der Waals surface area contributed by atoms with Crippen LogP contribution in [-0.2, 0) is 0 Å². The molecule has 6 N–H and O–H groups in total. The van der Waals surface area contributed by atoms with E-state index in [9.17, 15) is 18.8 Å². The van der Waals surface area contributed by atoms with Crippen LogP contribution in [-0.4, -0.2) is 28.4 Å². The highest BCUT2D eigenvalue weighted by Crippen LogP contribution is 2.39. The second-order valence-electron chi connectivity index (χ2n) is 10.9. The summed E-state index contributed by atoms with van der Waals surface area (Å²) >= 11 is 0. The number of nitrogens with one attached hydrogen (secondary N) is 4. The first-order valence-electron chi connectivity index (χ1n) is 13.1. The number of urea groups is 1. The van der Waals surface area contributed by atoms with Crippen LogP contribution in [0.15, 0.2) is 72.8 Å². The summed E-state index contributed by atoms with van der Waals surface area (Å²) in [5.41, 5.74) is 10.9. The zero-order valence-electron chi connectivity index (χ0n) is 23.1. The van der Waals surface area contributed by atoms with E-state index in [1.807, 2.05) is 52.0 Å². The van der Waals surface area contributed by atoms with Gasteiger partial charge in [0, 0.05) is 38.8 Å². The molecule has 5 rings (SSSR count). The van der Waals surface area contributed by atoms with Gasteiger partial charge in [0.15, 0.2) is 0 Å². The lowest BCUT2D eigenvalue weighted by Gasteiger charge is -2.20. The third-order valence-corrected chi connectivity index (χ3v) is 6.74. The lowest BCUT2D eigenvalue weighted by Crippen LogP contribution is -2.43. The second-order valence-corrected chi connectivity index (χ2v) is 10.9. The molecule has 1 heterocycles. The van der Waals surface area contributed by atoms with Crippen LogP contribution in [0.5, 0.6) is 0 Å². The van der Waals surface area contributed by atoms with Crippen LogP contribution in [0, 0.1) is 12.7 Å². The number of rotatable bonds is 5. The molecule has 0 fully saturated rings. The Labute approximate surface area is 236 Å². The van der Waals surface area contributed by atoms with Gasteiger partial charge in [0.05, 0.1) is 11.1 Å². The van der Waals surface area contributed by atoms with Gasteiger partial charge in [0.2, 0.25) is 0 Å². The van der Waals surface area contributed by atoms with Crippen molar-refractivity contribution in [1.29, 1.82) is 0 Å². The van der Waals surface area contributed by atoms with Crippen molar-refractivity contribution in [3.05, 3.63) is 95.3 Å². The molecule has 0 unspecified atom stereocenters. The number of amides is 4. The highest BCUT2D eigenvalue weighted by Gasteiger charge is 2.20. The summed E-state index contributed by atoms with van der Waals surface area (Å²) in [5.74, 6) is -1.35. The molecule has 0 spiro atoms. The van der Waals surface area contributed by atoms with Crippen molar-refractivity contribution in [3.63, 3.8) is 0 Å². The molecule has 41 heavy (non-hydrogen) atoms. The van der Waals surface area contributed by atoms with Crippen LogP contribution in [0.3, 0.4) is 0 Å². The number of carbonyl (C=O) groups excluding carboxylic acids is 3. The maximum atomic E-state index is 13.3. The summed E-state index contributed by atoms with van der Waals surface area (Å²) in [5, 5.41) is 10.2. The summed E-state index contributed by atoms with van der Waals surface area (Å²) in [6, 6.07) is 19.6. The highest BCUT2D eigenvalue weighted by molar-refractivity contribution is 6.20. The molecule has 0 aliphatic heterocycles. The van der Waals surface area contributed by atoms with Crippen molar-refractivity contribution in [2.75, 3.05) is 10.6 Å². The fraction of sp³-hybridized carbons (Fsp3) is 0.156. The number of H-pyrrole nitrogens is 1. The summed E-state index contributed by atoms with van der Waals surface area (Å²) in [6.07, 6.45) is 0. The molecule has 4 aromatic carbocycles. The van der Waals surface area contributed by atoms with Gasteiger partial charge in [-0.25, -0.2) is 9.18 Å². The smallest absolute Gasteiger partial charge is 0.319 e. The first-order chi connectivity index (χ1) is 19.4. The fourth-order valence-electron chi connectivity index (χ4n) is 4.88. The van der Waals surface area contributed by atoms with Gasteiger partial charge in [-0.2, -0.15) is 0 Å². The van der Waals surface area contributed by atoms with E-state index in [1.165, 1.54) is 24.3 Å². The van der Waals surface area contributed by atoms with E-state index < -0.39 is 17.3 Å². The van der Waals surface area contributed by atoms with Gasteiger partial charge in [0.1, 0.15) is 5.82 Å². The van der Waals surface area contributed by atoms with Gasteiger partial charge in [-0.05, 0) is 92.9 Å². The zero-order chi connectivity index (χ0) is 29.5. The normalized spacial score (nSPS) is 11.4. The molecule has 0 saturated heterocycles. The van der Waals surface area contributed by atoms with Crippen molar-refractivity contribution >= 4 is 51.0 Å². The maximum absolute atomic E-state index is 13.3. The lowest BCUT2D eigenvalue weighted by atomic mass is 9.93. The summed E-state index contributed by atoms with van der Waals surface area (Å²) in [6.45, 7) is 7.58. The van der Waals surface area contributed by atoms with Crippen LogP contribution in [0.2, 0.25) is 0 Å². The Morgan fingerprint density at radius 3 is 2.29 bits per heavy atom. The van der Waals surface area contributed by atoms with Crippen LogP contribution in [0.4, 0.5) is 20.6 Å². The number of primary amides is 1. The third kappa shape index (κ3) is 5.60. The lowest BCUT2D eigenvalue weighted by molar-refractivity contribution is 0.0998. The molecule has 0 saturated carbocycles. The second kappa shape index (κ2) is 10.4. The predicted octanol–water partition coefficient (Wildman–Crippen LogP) is 6.71. The molecule has 0 radical (unpaired) electrons. The minimum atomic E-state index is -0.576. The Morgan fingerprint density at radius 1 is 0.878 bits per heavy atom. The molecular formula is C32H30FN5O3. The average Bonchev–Trinajstić information content (AvgIpc) is 3.27. The largest absolute Gasteiger partial charge is 0.366 e. The summed E-state index contributed by atoms with van der Waals surface area (Å²) < 4.78 is 13.3. The van der Waals surface area contributed by atoms with Crippen molar-refractivity contribution in [2.45, 2.75) is 33.2 Å². The van der Waals surface area contributed by atoms with Crippen molar-refractivity contribution in [1.82, 2.24) is 10.3 Å². The van der Waals surface area contributed by atoms with E-state index in [0.717, 1.165) is 27.5 Å². The van der Waals surface area contributed by atoms with Crippen molar-refractivity contribution in [3.8, 4) is 11.1 Å². The zero-order valence-corrected chi connectivity index (χ0v) is 23.1. The topological polar surface area (TPSA) is 129 Å². The Kier molecular flexibility index (Phi) is 6.96. The molecule has 0 atom stereocenters. The minimum Gasteiger partial charge on any atom is -0.366 e. The molecule has 8 nitrogen and oxygen atoms in total. The van der Waals surface area contributed by atoms with E-state index >= 15 is 0 Å². The van der Waals surface area contributed by atoms with E-state index in [2.05, 4.69) is 20.9 Å². The van der Waals surface area contributed by atoms with Crippen LogP contribution >= 0.6 is 0 Å². The molecule has 9 heteroatoms. The average molecular weight is 552 g/mol. The Hall–Kier alpha value is -5.18. The van der Waals surface area contributed by atoms with Gasteiger partial charge in [0.25, 0.3) is 11.8 Å². The van der Waals surface area contributed by atoms with E-state index in [1.54, 1.807) is 24.3 Å². The first kappa shape index (κ1) is 27.4. The van der Waals surface area contributed by atoms with Gasteiger partial charge in [-0.3, -0.25) is 9.59 Å². The van der Waals surface area contributed by atoms with Gasteiger partial charge >= 0.3 is 6.03 Å². The molecule has 0 aliphatic rings. The Bertz CT molecular complexity index is 1840. The van der Waals surface area contributed by atoms with E-state index in [-0.39, 0.29) is 11.9 Å². The molecule has 208 valence electrons. The number of hydrogen-bond donors (Lipinski definition) is 5. The number of fused-ring (bicyclic) bond motifs is 3. The monoisotopic (exact) mass is 551 g/mol. The molecule has 0 bridgehead atoms. The maximum Gasteiger partial charge on any atom is 0.319 e. The number of anilines is 2.